The second-order valence-corrected chi connectivity index (χ2v) is 6.38. The number of carbonyl (C=O) groups is 1. The Morgan fingerprint density at radius 2 is 2.16 bits per heavy atom. The van der Waals surface area contributed by atoms with Crippen LogP contribution in [0, 0.1) is 0 Å². The fourth-order valence-electron chi connectivity index (χ4n) is 1.89. The Balaban J connectivity index is 2.00. The van der Waals surface area contributed by atoms with Gasteiger partial charge < -0.3 is 5.73 Å². The number of nitrogens with two attached hydrogens (primary N) is 1. The van der Waals surface area contributed by atoms with E-state index in [9.17, 15) is 4.79 Å². The number of primary amides is 1. The smallest absolute Gasteiger partial charge is 0.248 e. The molecule has 0 aliphatic heterocycles. The molecule has 1 heterocycles. The van der Waals surface area contributed by atoms with Crippen molar-refractivity contribution in [3.8, 4) is 0 Å². The van der Waals surface area contributed by atoms with E-state index in [0.29, 0.717) is 5.56 Å². The third-order valence-corrected chi connectivity index (χ3v) is 4.39. The van der Waals surface area contributed by atoms with Crippen LogP contribution in [0.25, 0.3) is 0 Å². The molecule has 0 atom stereocenters. The van der Waals surface area contributed by atoms with E-state index in [-0.39, 0.29) is 5.91 Å². The Kier molecular flexibility index (Phi) is 4.74. The molecule has 5 heteroatoms. The van der Waals surface area contributed by atoms with Crippen molar-refractivity contribution in [2.75, 3.05) is 7.05 Å². The van der Waals surface area contributed by atoms with Crippen LogP contribution in [0.3, 0.4) is 0 Å². The van der Waals surface area contributed by atoms with Crippen molar-refractivity contribution < 1.29 is 4.79 Å². The molecule has 19 heavy (non-hydrogen) atoms. The second kappa shape index (κ2) is 6.32. The van der Waals surface area contributed by atoms with Gasteiger partial charge in [0.25, 0.3) is 0 Å². The van der Waals surface area contributed by atoms with Gasteiger partial charge in [-0.2, -0.15) is 0 Å². The molecule has 1 aromatic carbocycles. The lowest BCUT2D eigenvalue weighted by Crippen LogP contribution is -2.17. The van der Waals surface area contributed by atoms with Gasteiger partial charge in [0.2, 0.25) is 5.91 Å². The van der Waals surface area contributed by atoms with Crippen LogP contribution < -0.4 is 5.73 Å². The van der Waals surface area contributed by atoms with Gasteiger partial charge in [-0.15, -0.1) is 11.3 Å². The lowest BCUT2D eigenvalue weighted by Gasteiger charge is -2.16. The molecule has 0 saturated carbocycles. The zero-order chi connectivity index (χ0) is 13.8. The van der Waals surface area contributed by atoms with Crippen molar-refractivity contribution in [3.63, 3.8) is 0 Å². The van der Waals surface area contributed by atoms with Crippen molar-refractivity contribution in [1.82, 2.24) is 4.90 Å². The van der Waals surface area contributed by atoms with Crippen molar-refractivity contribution in [3.05, 3.63) is 56.2 Å². The Hall–Kier alpha value is -1.17. The summed E-state index contributed by atoms with van der Waals surface area (Å²) in [4.78, 5) is 14.7. The summed E-state index contributed by atoms with van der Waals surface area (Å²) in [5.74, 6) is -0.383. The Morgan fingerprint density at radius 1 is 1.37 bits per heavy atom. The Morgan fingerprint density at radius 3 is 2.79 bits per heavy atom. The molecule has 0 radical (unpaired) electrons. The number of hydrogen-bond acceptors (Lipinski definition) is 3. The number of hydrogen-bond donors (Lipinski definition) is 1. The summed E-state index contributed by atoms with van der Waals surface area (Å²) in [6, 6.07) is 9.59. The maximum absolute atomic E-state index is 11.1. The first-order valence-electron chi connectivity index (χ1n) is 5.85. The van der Waals surface area contributed by atoms with Crippen molar-refractivity contribution in [2.45, 2.75) is 13.1 Å². The summed E-state index contributed by atoms with van der Waals surface area (Å²) in [6.45, 7) is 1.67. The molecular formula is C14H15BrN2OS. The minimum Gasteiger partial charge on any atom is -0.366 e. The predicted molar refractivity (Wildman–Crippen MR) is 82.1 cm³/mol. The van der Waals surface area contributed by atoms with Crippen molar-refractivity contribution >= 4 is 33.2 Å². The molecule has 1 amide bonds. The molecule has 2 rings (SSSR count). The maximum atomic E-state index is 11.1. The summed E-state index contributed by atoms with van der Waals surface area (Å²) in [5, 5.41) is 2.08. The van der Waals surface area contributed by atoms with Crippen LogP contribution in [-0.2, 0) is 13.1 Å². The Labute approximate surface area is 125 Å². The van der Waals surface area contributed by atoms with E-state index < -0.39 is 0 Å². The van der Waals surface area contributed by atoms with E-state index in [0.717, 1.165) is 23.1 Å². The lowest BCUT2D eigenvalue weighted by molar-refractivity contribution is 0.1000. The first-order valence-corrected chi connectivity index (χ1v) is 7.52. The van der Waals surface area contributed by atoms with Gasteiger partial charge in [-0.05, 0) is 46.7 Å². The number of benzene rings is 1. The molecule has 0 aliphatic rings. The predicted octanol–water partition coefficient (Wildman–Crippen LogP) is 3.24. The highest BCUT2D eigenvalue weighted by Gasteiger charge is 2.06. The molecule has 0 unspecified atom stereocenters. The van der Waals surface area contributed by atoms with Crippen LogP contribution in [0.5, 0.6) is 0 Å². The fraction of sp³-hybridized carbons (Fsp3) is 0.214. The number of rotatable bonds is 5. The molecule has 100 valence electrons. The zero-order valence-corrected chi connectivity index (χ0v) is 13.0. The summed E-state index contributed by atoms with van der Waals surface area (Å²) in [5.41, 5.74) is 6.94. The highest BCUT2D eigenvalue weighted by molar-refractivity contribution is 9.10. The van der Waals surface area contributed by atoms with E-state index in [1.807, 2.05) is 18.2 Å². The number of halogens is 1. The summed E-state index contributed by atoms with van der Waals surface area (Å²) in [6.07, 6.45) is 0. The molecule has 0 aliphatic carbocycles. The minimum atomic E-state index is -0.383. The molecule has 0 bridgehead atoms. The maximum Gasteiger partial charge on any atom is 0.248 e. The van der Waals surface area contributed by atoms with E-state index in [1.165, 1.54) is 4.88 Å². The number of amides is 1. The standard InChI is InChI=1S/C14H15BrN2OS/c1-17(8-13-6-12(15)9-19-13)7-10-3-2-4-11(5-10)14(16)18/h2-6,9H,7-8H2,1H3,(H2,16,18). The topological polar surface area (TPSA) is 46.3 Å². The first kappa shape index (κ1) is 14.2. The van der Waals surface area contributed by atoms with Gasteiger partial charge in [0.05, 0.1) is 0 Å². The third-order valence-electron chi connectivity index (χ3n) is 2.71. The van der Waals surface area contributed by atoms with Crippen LogP contribution >= 0.6 is 27.3 Å². The quantitative estimate of drug-likeness (QED) is 0.909. The van der Waals surface area contributed by atoms with Crippen molar-refractivity contribution in [2.24, 2.45) is 5.73 Å². The van der Waals surface area contributed by atoms with Gasteiger partial charge >= 0.3 is 0 Å². The average Bonchev–Trinajstić information content (AvgIpc) is 2.74. The zero-order valence-electron chi connectivity index (χ0n) is 10.6. The van der Waals surface area contributed by atoms with Crippen LogP contribution in [0.15, 0.2) is 40.2 Å². The third kappa shape index (κ3) is 4.16. The largest absolute Gasteiger partial charge is 0.366 e. The van der Waals surface area contributed by atoms with Gasteiger partial charge in [-0.1, -0.05) is 12.1 Å². The molecule has 2 aromatic rings. The van der Waals surface area contributed by atoms with Gasteiger partial charge in [-0.3, -0.25) is 9.69 Å². The van der Waals surface area contributed by atoms with E-state index in [2.05, 4.69) is 39.3 Å². The Bertz CT molecular complexity index is 582. The van der Waals surface area contributed by atoms with Crippen LogP contribution in [-0.4, -0.2) is 17.9 Å². The molecule has 0 spiro atoms. The van der Waals surface area contributed by atoms with E-state index in [1.54, 1.807) is 17.4 Å². The number of nitrogens with zero attached hydrogens (tertiary/aromatic N) is 1. The fourth-order valence-corrected chi connectivity index (χ4v) is 3.42. The van der Waals surface area contributed by atoms with Gasteiger partial charge in [0.1, 0.15) is 0 Å². The van der Waals surface area contributed by atoms with Crippen LogP contribution in [0.2, 0.25) is 0 Å². The SMILES string of the molecule is CN(Cc1cccc(C(N)=O)c1)Cc1cc(Br)cs1. The minimum absolute atomic E-state index is 0.383. The number of thiophene rings is 1. The highest BCUT2D eigenvalue weighted by atomic mass is 79.9. The monoisotopic (exact) mass is 338 g/mol. The normalized spacial score (nSPS) is 10.9. The average molecular weight is 339 g/mol. The lowest BCUT2D eigenvalue weighted by atomic mass is 10.1. The second-order valence-electron chi connectivity index (χ2n) is 4.47. The molecule has 1 aromatic heterocycles. The molecule has 0 saturated heterocycles. The van der Waals surface area contributed by atoms with Gasteiger partial charge in [0, 0.05) is 33.4 Å². The summed E-state index contributed by atoms with van der Waals surface area (Å²) in [7, 11) is 2.06. The van der Waals surface area contributed by atoms with E-state index >= 15 is 0 Å². The van der Waals surface area contributed by atoms with Gasteiger partial charge in [0.15, 0.2) is 0 Å². The number of carbonyl (C=O) groups excluding carboxylic acids is 1. The van der Waals surface area contributed by atoms with Gasteiger partial charge in [-0.25, -0.2) is 0 Å². The molecule has 3 nitrogen and oxygen atoms in total. The molecule has 2 N–H and O–H groups in total. The van der Waals surface area contributed by atoms with Crippen LogP contribution in [0.4, 0.5) is 0 Å². The summed E-state index contributed by atoms with van der Waals surface area (Å²) < 4.78 is 1.12. The highest BCUT2D eigenvalue weighted by Crippen LogP contribution is 2.21. The molecular weight excluding hydrogens is 324 g/mol. The molecule has 0 fully saturated rings. The van der Waals surface area contributed by atoms with Crippen molar-refractivity contribution in [1.29, 1.82) is 0 Å². The van der Waals surface area contributed by atoms with E-state index in [4.69, 9.17) is 5.73 Å². The van der Waals surface area contributed by atoms with Crippen LogP contribution in [0.1, 0.15) is 20.8 Å². The first-order chi connectivity index (χ1) is 9.04. The summed E-state index contributed by atoms with van der Waals surface area (Å²) >= 11 is 5.19.